The number of phosphoric acid groups is 1. The number of hydrogen-bond donors (Lipinski definition) is 2. The van der Waals surface area contributed by atoms with Crippen LogP contribution in [0.25, 0.3) is 0 Å². The van der Waals surface area contributed by atoms with Crippen molar-refractivity contribution in [3.05, 3.63) is 109 Å². The van der Waals surface area contributed by atoms with E-state index in [4.69, 9.17) is 18.5 Å². The van der Waals surface area contributed by atoms with E-state index in [2.05, 4.69) is 62.5 Å². The van der Waals surface area contributed by atoms with E-state index < -0.39 is 44.7 Å². The highest BCUT2D eigenvalue weighted by molar-refractivity contribution is 7.45. The van der Waals surface area contributed by atoms with Gasteiger partial charge in [-0.3, -0.25) is 14.2 Å². The molecule has 0 fully saturated rings. The number of esters is 2. The van der Waals surface area contributed by atoms with E-state index in [1.807, 2.05) is 63.7 Å². The molecule has 340 valence electrons. The Kier molecular flexibility index (Phi) is 36.3. The van der Waals surface area contributed by atoms with Crippen LogP contribution < -0.4 is 4.89 Å². The summed E-state index contributed by atoms with van der Waals surface area (Å²) in [4.78, 5) is 37.5. The quantitative estimate of drug-likeness (QED) is 0.0154. The van der Waals surface area contributed by atoms with Gasteiger partial charge in [-0.05, 0) is 70.6 Å². The molecular weight excluding hydrogens is 781 g/mol. The summed E-state index contributed by atoms with van der Waals surface area (Å²) in [6.45, 7) is 3.64. The Morgan fingerprint density at radius 1 is 0.633 bits per heavy atom. The van der Waals surface area contributed by atoms with Gasteiger partial charge < -0.3 is 38.1 Å². The molecule has 0 saturated carbocycles. The van der Waals surface area contributed by atoms with Gasteiger partial charge in [-0.25, -0.2) is 0 Å². The lowest BCUT2D eigenvalue weighted by Gasteiger charge is -2.28. The number of aliphatic hydroxyl groups excluding tert-OH is 2. The second kappa shape index (κ2) is 38.5. The Morgan fingerprint density at radius 3 is 1.70 bits per heavy atom. The number of allylic oxidation sites excluding steroid dienone is 16. The summed E-state index contributed by atoms with van der Waals surface area (Å²) in [5, 5.41) is 20.2. The van der Waals surface area contributed by atoms with Gasteiger partial charge in [-0.15, -0.1) is 0 Å². The molecule has 0 aliphatic rings. The molecule has 60 heavy (non-hydrogen) atoms. The number of quaternary nitrogens is 1. The van der Waals surface area contributed by atoms with Gasteiger partial charge in [-0.2, -0.15) is 0 Å². The van der Waals surface area contributed by atoms with E-state index in [0.717, 1.165) is 57.8 Å². The highest BCUT2D eigenvalue weighted by Gasteiger charge is 2.22. The molecule has 0 aromatic rings. The minimum atomic E-state index is -4.71. The van der Waals surface area contributed by atoms with Crippen molar-refractivity contribution in [3.63, 3.8) is 0 Å². The lowest BCUT2D eigenvalue weighted by Crippen LogP contribution is -2.37. The lowest BCUT2D eigenvalue weighted by atomic mass is 10.1. The van der Waals surface area contributed by atoms with Crippen molar-refractivity contribution in [2.24, 2.45) is 0 Å². The molecule has 0 radical (unpaired) electrons. The third kappa shape index (κ3) is 41.3. The Morgan fingerprint density at radius 2 is 1.15 bits per heavy atom. The van der Waals surface area contributed by atoms with E-state index in [9.17, 15) is 29.3 Å². The van der Waals surface area contributed by atoms with Crippen molar-refractivity contribution >= 4 is 19.8 Å². The Labute approximate surface area is 362 Å². The first-order valence-electron chi connectivity index (χ1n) is 21.8. The van der Waals surface area contributed by atoms with Crippen LogP contribution in [0, 0.1) is 0 Å². The van der Waals surface area contributed by atoms with E-state index in [1.54, 1.807) is 18.2 Å². The number of ether oxygens (including phenoxy) is 2. The summed E-state index contributed by atoms with van der Waals surface area (Å²) >= 11 is 0. The third-order valence-corrected chi connectivity index (χ3v) is 9.45. The van der Waals surface area contributed by atoms with Crippen LogP contribution in [0.1, 0.15) is 117 Å². The molecule has 12 heteroatoms. The first-order valence-corrected chi connectivity index (χ1v) is 23.3. The molecule has 2 N–H and O–H groups in total. The number of likely N-dealkylation sites (N-methyl/N-ethyl adjacent to an activating group) is 1. The molecule has 0 rings (SSSR count). The van der Waals surface area contributed by atoms with Gasteiger partial charge in [0.05, 0.1) is 40.0 Å². The first-order chi connectivity index (χ1) is 28.8. The lowest BCUT2D eigenvalue weighted by molar-refractivity contribution is -0.870. The van der Waals surface area contributed by atoms with E-state index in [1.165, 1.54) is 0 Å². The zero-order valence-electron chi connectivity index (χ0n) is 37.3. The average molecular weight is 860 g/mol. The number of nitrogens with zero attached hydrogens (tertiary/aromatic N) is 1. The minimum absolute atomic E-state index is 0.0426. The van der Waals surface area contributed by atoms with Crippen molar-refractivity contribution in [2.45, 2.75) is 135 Å². The summed E-state index contributed by atoms with van der Waals surface area (Å²) in [7, 11) is 0.966. The summed E-state index contributed by atoms with van der Waals surface area (Å²) in [5.74, 6) is -1.15. The van der Waals surface area contributed by atoms with Gasteiger partial charge in [0.1, 0.15) is 19.8 Å². The van der Waals surface area contributed by atoms with Crippen molar-refractivity contribution in [1.82, 2.24) is 0 Å². The summed E-state index contributed by atoms with van der Waals surface area (Å²) in [6, 6.07) is 0. The van der Waals surface area contributed by atoms with Gasteiger partial charge in [0.15, 0.2) is 6.10 Å². The Balaban J connectivity index is 4.73. The molecule has 0 aliphatic carbocycles. The molecule has 0 aromatic carbocycles. The van der Waals surface area contributed by atoms with Gasteiger partial charge in [0, 0.05) is 12.8 Å². The monoisotopic (exact) mass is 860 g/mol. The fourth-order valence-corrected chi connectivity index (χ4v) is 5.75. The highest BCUT2D eigenvalue weighted by Crippen LogP contribution is 2.38. The number of carbonyl (C=O) groups is 2. The van der Waals surface area contributed by atoms with Crippen LogP contribution in [0.3, 0.4) is 0 Å². The molecule has 0 aliphatic heterocycles. The fourth-order valence-electron chi connectivity index (χ4n) is 5.02. The number of carbonyl (C=O) groups excluding carboxylic acids is 2. The molecular formula is C48H78NO10P. The molecule has 4 atom stereocenters. The topological polar surface area (TPSA) is 152 Å². The molecule has 0 aromatic heterocycles. The average Bonchev–Trinajstić information content (AvgIpc) is 3.19. The maximum atomic E-state index is 12.7. The molecule has 0 spiro atoms. The summed E-state index contributed by atoms with van der Waals surface area (Å²) in [6.07, 6.45) is 44.8. The van der Waals surface area contributed by atoms with Crippen molar-refractivity contribution in [1.29, 1.82) is 0 Å². The number of aliphatic hydroxyl groups is 2. The largest absolute Gasteiger partial charge is 0.756 e. The zero-order valence-corrected chi connectivity index (χ0v) is 38.2. The maximum Gasteiger partial charge on any atom is 0.306 e. The predicted molar refractivity (Wildman–Crippen MR) is 243 cm³/mol. The van der Waals surface area contributed by atoms with Crippen LogP contribution in [0.2, 0.25) is 0 Å². The van der Waals surface area contributed by atoms with Crippen LogP contribution in [0.15, 0.2) is 109 Å². The van der Waals surface area contributed by atoms with Crippen LogP contribution in [-0.4, -0.2) is 92.5 Å². The van der Waals surface area contributed by atoms with Gasteiger partial charge >= 0.3 is 11.9 Å². The SMILES string of the molecule is CC/C=C\C/C=C\C/C=C\C/C=C\C/C=C\CCCC(=O)OC[C@H](COP(=O)([O-])OCC[N+](C)(C)C)OC(=O)CCC[C@H](O)/C=C/C=C\C/C=C\C=C\[C@H](O)CCCCC. The number of unbranched alkanes of at least 4 members (excludes halogenated alkanes) is 3. The maximum absolute atomic E-state index is 12.7. The zero-order chi connectivity index (χ0) is 44.6. The molecule has 1 unspecified atom stereocenters. The van der Waals surface area contributed by atoms with Gasteiger partial charge in [0.2, 0.25) is 0 Å². The van der Waals surface area contributed by atoms with Crippen LogP contribution in [0.5, 0.6) is 0 Å². The van der Waals surface area contributed by atoms with Crippen molar-refractivity contribution < 1.29 is 52.3 Å². The molecule has 0 saturated heterocycles. The van der Waals surface area contributed by atoms with Crippen LogP contribution >= 0.6 is 7.82 Å². The van der Waals surface area contributed by atoms with Crippen LogP contribution in [-0.2, 0) is 32.7 Å². The van der Waals surface area contributed by atoms with E-state index in [-0.39, 0.29) is 26.1 Å². The number of rotatable bonds is 37. The second-order valence-electron chi connectivity index (χ2n) is 15.4. The number of phosphoric ester groups is 1. The fraction of sp³-hybridized carbons (Fsp3) is 0.583. The second-order valence-corrected chi connectivity index (χ2v) is 16.8. The normalized spacial score (nSPS) is 15.7. The Hall–Kier alpha value is -3.41. The van der Waals surface area contributed by atoms with Crippen LogP contribution in [0.4, 0.5) is 0 Å². The highest BCUT2D eigenvalue weighted by atomic mass is 31.2. The van der Waals surface area contributed by atoms with Crippen molar-refractivity contribution in [2.75, 3.05) is 47.5 Å². The Bertz CT molecular complexity index is 1420. The first kappa shape index (κ1) is 56.6. The molecule has 0 heterocycles. The molecule has 0 amide bonds. The standard InChI is InChI=1S/C48H78NO10P/c1-6-8-10-11-12-13-14-15-16-17-18-19-20-21-25-28-32-38-47(52)56-42-46(43-58-60(54,55)57-41-40-49(3,4)5)59-48(53)39-33-37-45(51)36-31-27-24-22-23-26-30-35-44(50)34-29-9-7-2/h8,10,12-13,15-16,18-19,21,23-27,30-31,35-36,44-46,50-51H,6-7,9,11,14,17,20,22,28-29,32-34,37-43H2,1-5H3/b10-8-,13-12-,16-15-,19-18-,25-21-,26-23-,27-24-,35-30+,36-31+/t44-,45-,46-/m1/s1. The minimum Gasteiger partial charge on any atom is -0.756 e. The van der Waals surface area contributed by atoms with E-state index >= 15 is 0 Å². The predicted octanol–water partition coefficient (Wildman–Crippen LogP) is 9.66. The third-order valence-electron chi connectivity index (χ3n) is 8.49. The van der Waals surface area contributed by atoms with Crippen molar-refractivity contribution in [3.8, 4) is 0 Å². The smallest absolute Gasteiger partial charge is 0.306 e. The molecule has 0 bridgehead atoms. The van der Waals surface area contributed by atoms with Gasteiger partial charge in [-0.1, -0.05) is 142 Å². The summed E-state index contributed by atoms with van der Waals surface area (Å²) in [5.41, 5.74) is 0. The summed E-state index contributed by atoms with van der Waals surface area (Å²) < 4.78 is 33.6. The number of hydrogen-bond acceptors (Lipinski definition) is 10. The van der Waals surface area contributed by atoms with Gasteiger partial charge in [0.25, 0.3) is 7.82 Å². The molecule has 11 nitrogen and oxygen atoms in total. The van der Waals surface area contributed by atoms with E-state index in [0.29, 0.717) is 43.1 Å².